The molecule has 0 aromatic heterocycles. The highest BCUT2D eigenvalue weighted by atomic mass is 79.9. The number of carbonyl (C=O) groups is 1. The standard InChI is InChI=1S/C11H16BrN3O/c1-2-8(6-13)15-10-4-3-7(12)5-9(10)11(14)16/h3-5,8,15H,2,6,13H2,1H3,(H2,14,16). The molecular weight excluding hydrogens is 270 g/mol. The largest absolute Gasteiger partial charge is 0.380 e. The SMILES string of the molecule is CCC(CN)Nc1ccc(Br)cc1C(N)=O. The number of benzene rings is 1. The second kappa shape index (κ2) is 5.86. The number of primary amides is 1. The Hall–Kier alpha value is -1.07. The van der Waals surface area contributed by atoms with Crippen LogP contribution in [-0.4, -0.2) is 18.5 Å². The molecule has 88 valence electrons. The van der Waals surface area contributed by atoms with Crippen molar-refractivity contribution in [2.24, 2.45) is 11.5 Å². The van der Waals surface area contributed by atoms with Crippen LogP contribution in [0, 0.1) is 0 Å². The van der Waals surface area contributed by atoms with Crippen molar-refractivity contribution >= 4 is 27.5 Å². The Bertz CT molecular complexity index is 377. The number of nitrogens with one attached hydrogen (secondary N) is 1. The van der Waals surface area contributed by atoms with Gasteiger partial charge in [-0.05, 0) is 24.6 Å². The highest BCUT2D eigenvalue weighted by Crippen LogP contribution is 2.21. The fourth-order valence-electron chi connectivity index (χ4n) is 1.39. The van der Waals surface area contributed by atoms with E-state index in [0.29, 0.717) is 12.1 Å². The number of hydrogen-bond donors (Lipinski definition) is 3. The summed E-state index contributed by atoms with van der Waals surface area (Å²) in [7, 11) is 0. The lowest BCUT2D eigenvalue weighted by atomic mass is 10.1. The van der Waals surface area contributed by atoms with Gasteiger partial charge < -0.3 is 16.8 Å². The number of anilines is 1. The highest BCUT2D eigenvalue weighted by Gasteiger charge is 2.11. The predicted octanol–water partition coefficient (Wildman–Crippen LogP) is 1.70. The fourth-order valence-corrected chi connectivity index (χ4v) is 1.75. The molecule has 1 atom stereocenters. The monoisotopic (exact) mass is 285 g/mol. The van der Waals surface area contributed by atoms with E-state index in [1.807, 2.05) is 19.1 Å². The van der Waals surface area contributed by atoms with Crippen LogP contribution >= 0.6 is 15.9 Å². The Morgan fingerprint density at radius 2 is 2.25 bits per heavy atom. The van der Waals surface area contributed by atoms with Crippen molar-refractivity contribution in [3.8, 4) is 0 Å². The van der Waals surface area contributed by atoms with Crippen LogP contribution in [0.4, 0.5) is 5.69 Å². The predicted molar refractivity (Wildman–Crippen MR) is 69.4 cm³/mol. The zero-order valence-electron chi connectivity index (χ0n) is 9.16. The molecule has 1 rings (SSSR count). The van der Waals surface area contributed by atoms with Crippen molar-refractivity contribution in [3.05, 3.63) is 28.2 Å². The van der Waals surface area contributed by atoms with E-state index >= 15 is 0 Å². The van der Waals surface area contributed by atoms with Gasteiger partial charge in [0.05, 0.1) is 5.56 Å². The minimum absolute atomic E-state index is 0.152. The number of halogens is 1. The lowest BCUT2D eigenvalue weighted by Crippen LogP contribution is -2.29. The molecule has 1 amide bonds. The molecule has 1 unspecified atom stereocenters. The molecule has 0 bridgehead atoms. The maximum absolute atomic E-state index is 11.3. The number of amides is 1. The van der Waals surface area contributed by atoms with Gasteiger partial charge in [0.1, 0.15) is 0 Å². The molecule has 0 heterocycles. The number of hydrogen-bond acceptors (Lipinski definition) is 3. The Balaban J connectivity index is 2.98. The first kappa shape index (κ1) is 13.0. The summed E-state index contributed by atoms with van der Waals surface area (Å²) in [6, 6.07) is 5.54. The van der Waals surface area contributed by atoms with Crippen LogP contribution in [0.3, 0.4) is 0 Å². The van der Waals surface area contributed by atoms with Gasteiger partial charge in [0.15, 0.2) is 0 Å². The fraction of sp³-hybridized carbons (Fsp3) is 0.364. The quantitative estimate of drug-likeness (QED) is 0.770. The summed E-state index contributed by atoms with van der Waals surface area (Å²) in [6.45, 7) is 2.55. The summed E-state index contributed by atoms with van der Waals surface area (Å²) in [4.78, 5) is 11.3. The van der Waals surface area contributed by atoms with E-state index in [-0.39, 0.29) is 6.04 Å². The number of carbonyl (C=O) groups excluding carboxylic acids is 1. The summed E-state index contributed by atoms with van der Waals surface area (Å²) < 4.78 is 0.827. The normalized spacial score (nSPS) is 12.2. The molecule has 5 N–H and O–H groups in total. The van der Waals surface area contributed by atoms with Gasteiger partial charge in [0, 0.05) is 22.7 Å². The van der Waals surface area contributed by atoms with Gasteiger partial charge >= 0.3 is 0 Å². The van der Waals surface area contributed by atoms with E-state index in [9.17, 15) is 4.79 Å². The maximum atomic E-state index is 11.3. The Morgan fingerprint density at radius 1 is 1.56 bits per heavy atom. The minimum Gasteiger partial charge on any atom is -0.380 e. The molecule has 16 heavy (non-hydrogen) atoms. The van der Waals surface area contributed by atoms with Crippen LogP contribution in [0.15, 0.2) is 22.7 Å². The smallest absolute Gasteiger partial charge is 0.250 e. The van der Waals surface area contributed by atoms with E-state index in [1.54, 1.807) is 6.07 Å². The Morgan fingerprint density at radius 3 is 2.75 bits per heavy atom. The Kier molecular flexibility index (Phi) is 4.76. The van der Waals surface area contributed by atoms with E-state index in [1.165, 1.54) is 0 Å². The molecule has 1 aromatic carbocycles. The first-order valence-corrected chi connectivity index (χ1v) is 5.93. The lowest BCUT2D eigenvalue weighted by molar-refractivity contribution is 0.100. The molecule has 0 radical (unpaired) electrons. The van der Waals surface area contributed by atoms with Crippen molar-refractivity contribution in [1.82, 2.24) is 0 Å². The molecule has 5 heteroatoms. The molecule has 4 nitrogen and oxygen atoms in total. The van der Waals surface area contributed by atoms with Crippen molar-refractivity contribution in [3.63, 3.8) is 0 Å². The van der Waals surface area contributed by atoms with Crippen LogP contribution in [0.5, 0.6) is 0 Å². The van der Waals surface area contributed by atoms with E-state index < -0.39 is 5.91 Å². The summed E-state index contributed by atoms with van der Waals surface area (Å²) >= 11 is 3.30. The number of rotatable bonds is 5. The topological polar surface area (TPSA) is 81.1 Å². The van der Waals surface area contributed by atoms with Crippen LogP contribution in [0.1, 0.15) is 23.7 Å². The third-order valence-corrected chi connectivity index (χ3v) is 2.88. The molecule has 0 aliphatic carbocycles. The van der Waals surface area contributed by atoms with E-state index in [0.717, 1.165) is 16.6 Å². The molecule has 0 fully saturated rings. The third-order valence-electron chi connectivity index (χ3n) is 2.38. The van der Waals surface area contributed by atoms with Crippen LogP contribution in [0.2, 0.25) is 0 Å². The lowest BCUT2D eigenvalue weighted by Gasteiger charge is -2.18. The van der Waals surface area contributed by atoms with Gasteiger partial charge in [-0.2, -0.15) is 0 Å². The van der Waals surface area contributed by atoms with Gasteiger partial charge in [-0.1, -0.05) is 22.9 Å². The molecule has 0 spiro atoms. The van der Waals surface area contributed by atoms with Gasteiger partial charge in [0.2, 0.25) is 0 Å². The summed E-state index contributed by atoms with van der Waals surface area (Å²) in [5.74, 6) is -0.448. The van der Waals surface area contributed by atoms with E-state index in [2.05, 4.69) is 21.2 Å². The van der Waals surface area contributed by atoms with Crippen molar-refractivity contribution < 1.29 is 4.79 Å². The maximum Gasteiger partial charge on any atom is 0.250 e. The van der Waals surface area contributed by atoms with E-state index in [4.69, 9.17) is 11.5 Å². The minimum atomic E-state index is -0.448. The van der Waals surface area contributed by atoms with Crippen LogP contribution < -0.4 is 16.8 Å². The molecule has 0 saturated carbocycles. The average molecular weight is 286 g/mol. The Labute approximate surface area is 104 Å². The molecule has 0 saturated heterocycles. The van der Waals surface area contributed by atoms with Gasteiger partial charge in [-0.3, -0.25) is 4.79 Å². The second-order valence-corrected chi connectivity index (χ2v) is 4.46. The van der Waals surface area contributed by atoms with Crippen LogP contribution in [0.25, 0.3) is 0 Å². The molecule has 1 aromatic rings. The molecule has 0 aliphatic heterocycles. The van der Waals surface area contributed by atoms with Crippen LogP contribution in [-0.2, 0) is 0 Å². The van der Waals surface area contributed by atoms with Gasteiger partial charge in [-0.25, -0.2) is 0 Å². The molecule has 0 aliphatic rings. The first-order chi connectivity index (χ1) is 7.58. The van der Waals surface area contributed by atoms with Crippen molar-refractivity contribution in [1.29, 1.82) is 0 Å². The zero-order chi connectivity index (χ0) is 12.1. The van der Waals surface area contributed by atoms with Crippen molar-refractivity contribution in [2.75, 3.05) is 11.9 Å². The third kappa shape index (κ3) is 3.21. The number of nitrogens with two attached hydrogens (primary N) is 2. The first-order valence-electron chi connectivity index (χ1n) is 5.14. The summed E-state index contributed by atoms with van der Waals surface area (Å²) in [5.41, 5.74) is 12.1. The highest BCUT2D eigenvalue weighted by molar-refractivity contribution is 9.10. The zero-order valence-corrected chi connectivity index (χ0v) is 10.8. The second-order valence-electron chi connectivity index (χ2n) is 3.54. The van der Waals surface area contributed by atoms with Gasteiger partial charge in [0.25, 0.3) is 5.91 Å². The van der Waals surface area contributed by atoms with Crippen molar-refractivity contribution in [2.45, 2.75) is 19.4 Å². The summed E-state index contributed by atoms with van der Waals surface area (Å²) in [6.07, 6.45) is 0.894. The summed E-state index contributed by atoms with van der Waals surface area (Å²) in [5, 5.41) is 3.21. The van der Waals surface area contributed by atoms with Gasteiger partial charge in [-0.15, -0.1) is 0 Å². The average Bonchev–Trinajstić information content (AvgIpc) is 2.27. The molecular formula is C11H16BrN3O.